The van der Waals surface area contributed by atoms with E-state index in [0.717, 1.165) is 38.7 Å². The van der Waals surface area contributed by atoms with Crippen molar-refractivity contribution < 1.29 is 4.74 Å². The minimum Gasteiger partial charge on any atom is -0.375 e. The maximum atomic E-state index is 6.48. The Bertz CT molecular complexity index is 301. The van der Waals surface area contributed by atoms with E-state index in [1.54, 1.807) is 0 Å². The molecule has 0 aromatic carbocycles. The maximum absolute atomic E-state index is 6.48. The number of nitrogens with two attached hydrogens (primary N) is 1. The summed E-state index contributed by atoms with van der Waals surface area (Å²) < 4.78 is 6.26. The normalized spacial score (nSPS) is 19.1. The van der Waals surface area contributed by atoms with Crippen LogP contribution >= 0.6 is 0 Å². The van der Waals surface area contributed by atoms with Gasteiger partial charge in [0.2, 0.25) is 0 Å². The van der Waals surface area contributed by atoms with Gasteiger partial charge < -0.3 is 10.5 Å². The van der Waals surface area contributed by atoms with Gasteiger partial charge in [-0.3, -0.25) is 0 Å². The largest absolute Gasteiger partial charge is 0.375 e. The lowest BCUT2D eigenvalue weighted by molar-refractivity contribution is -0.0583. The average molecular weight is 300 g/mol. The Morgan fingerprint density at radius 2 is 1.29 bits per heavy atom. The van der Waals surface area contributed by atoms with Crippen LogP contribution in [0, 0.1) is 10.8 Å². The molecule has 0 bridgehead atoms. The van der Waals surface area contributed by atoms with Crippen LogP contribution in [0.2, 0.25) is 0 Å². The molecular formula is C19H41NO. The van der Waals surface area contributed by atoms with Gasteiger partial charge >= 0.3 is 0 Å². The number of hydrogen-bond acceptors (Lipinski definition) is 2. The van der Waals surface area contributed by atoms with Crippen LogP contribution in [0.1, 0.15) is 94.4 Å². The van der Waals surface area contributed by atoms with Crippen molar-refractivity contribution in [3.05, 3.63) is 0 Å². The van der Waals surface area contributed by atoms with Gasteiger partial charge in [0.25, 0.3) is 0 Å². The first-order valence-electron chi connectivity index (χ1n) is 8.71. The van der Waals surface area contributed by atoms with Gasteiger partial charge in [-0.2, -0.15) is 0 Å². The van der Waals surface area contributed by atoms with E-state index in [1.165, 1.54) is 0 Å². The summed E-state index contributed by atoms with van der Waals surface area (Å²) in [4.78, 5) is 0. The van der Waals surface area contributed by atoms with Crippen LogP contribution in [0.4, 0.5) is 0 Å². The highest BCUT2D eigenvalue weighted by molar-refractivity contribution is 4.94. The summed E-state index contributed by atoms with van der Waals surface area (Å²) in [5.74, 6) is 0. The van der Waals surface area contributed by atoms with Gasteiger partial charge in [0.1, 0.15) is 0 Å². The third-order valence-corrected chi connectivity index (χ3v) is 5.61. The van der Waals surface area contributed by atoms with Crippen LogP contribution in [0.15, 0.2) is 0 Å². The molecule has 21 heavy (non-hydrogen) atoms. The number of ether oxygens (including phenoxy) is 1. The summed E-state index contributed by atoms with van der Waals surface area (Å²) in [5, 5.41) is 0. The molecule has 2 N–H and O–H groups in total. The first-order valence-corrected chi connectivity index (χ1v) is 8.71. The van der Waals surface area contributed by atoms with E-state index in [2.05, 4.69) is 62.3 Å². The lowest BCUT2D eigenvalue weighted by Gasteiger charge is -2.43. The van der Waals surface area contributed by atoms with Crippen LogP contribution in [-0.2, 0) is 4.74 Å². The zero-order valence-corrected chi connectivity index (χ0v) is 16.2. The molecule has 0 aromatic heterocycles. The average Bonchev–Trinajstić information content (AvgIpc) is 2.35. The molecule has 0 radical (unpaired) electrons. The molecule has 2 unspecified atom stereocenters. The molecule has 2 atom stereocenters. The number of hydrogen-bond donors (Lipinski definition) is 1. The van der Waals surface area contributed by atoms with Gasteiger partial charge in [0.05, 0.1) is 5.60 Å². The summed E-state index contributed by atoms with van der Waals surface area (Å²) in [6.07, 6.45) is 5.35. The van der Waals surface area contributed by atoms with Crippen molar-refractivity contribution in [2.45, 2.75) is 106 Å². The Morgan fingerprint density at radius 1 is 0.762 bits per heavy atom. The summed E-state index contributed by atoms with van der Waals surface area (Å²) >= 11 is 0. The Hall–Kier alpha value is -0.0800. The lowest BCUT2D eigenvalue weighted by Crippen LogP contribution is -2.50. The minimum absolute atomic E-state index is 0.0215. The van der Waals surface area contributed by atoms with Crippen LogP contribution in [0.5, 0.6) is 0 Å². The Labute approximate surface area is 134 Å². The van der Waals surface area contributed by atoms with Crippen molar-refractivity contribution in [3.8, 4) is 0 Å². The van der Waals surface area contributed by atoms with Crippen LogP contribution in [0.25, 0.3) is 0 Å². The molecule has 0 spiro atoms. The quantitative estimate of drug-likeness (QED) is 0.606. The Morgan fingerprint density at radius 3 is 1.67 bits per heavy atom. The van der Waals surface area contributed by atoms with Crippen LogP contribution in [-0.4, -0.2) is 17.7 Å². The van der Waals surface area contributed by atoms with E-state index in [4.69, 9.17) is 10.5 Å². The van der Waals surface area contributed by atoms with Gasteiger partial charge in [-0.1, -0.05) is 48.5 Å². The van der Waals surface area contributed by atoms with Crippen molar-refractivity contribution >= 4 is 0 Å². The molecule has 0 amide bonds. The molecule has 0 heterocycles. The predicted octanol–water partition coefficient (Wildman–Crippen LogP) is 5.54. The molecule has 0 aliphatic heterocycles. The highest BCUT2D eigenvalue weighted by Crippen LogP contribution is 2.39. The second-order valence-corrected chi connectivity index (χ2v) is 9.12. The molecule has 0 aromatic rings. The molecule has 0 aliphatic rings. The fraction of sp³-hybridized carbons (Fsp3) is 1.00. The van der Waals surface area contributed by atoms with Gasteiger partial charge in [0.15, 0.2) is 0 Å². The maximum Gasteiger partial charge on any atom is 0.0652 e. The van der Waals surface area contributed by atoms with E-state index < -0.39 is 0 Å². The van der Waals surface area contributed by atoms with E-state index in [-0.39, 0.29) is 16.6 Å². The third kappa shape index (κ3) is 7.15. The van der Waals surface area contributed by atoms with Gasteiger partial charge in [-0.15, -0.1) is 0 Å². The summed E-state index contributed by atoms with van der Waals surface area (Å²) in [7, 11) is 0. The molecule has 2 nitrogen and oxygen atoms in total. The van der Waals surface area contributed by atoms with Crippen LogP contribution < -0.4 is 5.73 Å². The van der Waals surface area contributed by atoms with Crippen molar-refractivity contribution in [1.82, 2.24) is 0 Å². The van der Waals surface area contributed by atoms with Crippen LogP contribution in [0.3, 0.4) is 0 Å². The summed E-state index contributed by atoms with van der Waals surface area (Å²) in [6, 6.07) is 0. The Kier molecular flexibility index (Phi) is 7.43. The number of rotatable bonds is 9. The monoisotopic (exact) mass is 299 g/mol. The summed E-state index contributed by atoms with van der Waals surface area (Å²) in [6.45, 7) is 21.1. The standard InChI is InChI=1S/C19H41NO/c1-10-18(8,21-15-14-16(3,4)5)13-12-17(6,7)19(9,20)11-2/h10-15,20H2,1-9H3. The fourth-order valence-corrected chi connectivity index (χ4v) is 2.30. The summed E-state index contributed by atoms with van der Waals surface area (Å²) in [5.41, 5.74) is 6.81. The van der Waals surface area contributed by atoms with Gasteiger partial charge in [0, 0.05) is 12.1 Å². The molecule has 0 saturated carbocycles. The van der Waals surface area contributed by atoms with Gasteiger partial charge in [-0.25, -0.2) is 0 Å². The van der Waals surface area contributed by atoms with Crippen molar-refractivity contribution in [2.24, 2.45) is 16.6 Å². The first kappa shape index (κ1) is 20.9. The van der Waals surface area contributed by atoms with Crippen molar-refractivity contribution in [3.63, 3.8) is 0 Å². The molecule has 2 heteroatoms. The van der Waals surface area contributed by atoms with E-state index >= 15 is 0 Å². The zero-order valence-electron chi connectivity index (χ0n) is 16.2. The highest BCUT2D eigenvalue weighted by atomic mass is 16.5. The van der Waals surface area contributed by atoms with Crippen molar-refractivity contribution in [1.29, 1.82) is 0 Å². The lowest BCUT2D eigenvalue weighted by atomic mass is 9.68. The van der Waals surface area contributed by atoms with E-state index in [0.29, 0.717) is 5.41 Å². The predicted molar refractivity (Wildman–Crippen MR) is 94.6 cm³/mol. The van der Waals surface area contributed by atoms with E-state index in [1.807, 2.05) is 0 Å². The zero-order chi connectivity index (χ0) is 16.9. The van der Waals surface area contributed by atoms with Crippen molar-refractivity contribution in [2.75, 3.05) is 6.61 Å². The Balaban J connectivity index is 4.55. The van der Waals surface area contributed by atoms with E-state index in [9.17, 15) is 0 Å². The second-order valence-electron chi connectivity index (χ2n) is 9.12. The fourth-order valence-electron chi connectivity index (χ4n) is 2.30. The SMILES string of the molecule is CCC(C)(CCC(C)(C)C(C)(N)CC)OCCC(C)(C)C. The topological polar surface area (TPSA) is 35.2 Å². The molecule has 0 fully saturated rings. The third-order valence-electron chi connectivity index (χ3n) is 5.61. The molecule has 0 aliphatic carbocycles. The molecule has 0 rings (SSSR count). The van der Waals surface area contributed by atoms with Gasteiger partial charge in [-0.05, 0) is 56.8 Å². The smallest absolute Gasteiger partial charge is 0.0652 e. The minimum atomic E-state index is -0.118. The second kappa shape index (κ2) is 7.46. The molecule has 0 saturated heterocycles. The molecular weight excluding hydrogens is 258 g/mol. The molecule has 128 valence electrons. The first-order chi connectivity index (χ1) is 9.29. The highest BCUT2D eigenvalue weighted by Gasteiger charge is 2.37.